The molecule has 0 unspecified atom stereocenters. The van der Waals surface area contributed by atoms with Crippen molar-refractivity contribution in [3.63, 3.8) is 0 Å². The van der Waals surface area contributed by atoms with Crippen LogP contribution in [0.4, 0.5) is 11.6 Å². The highest BCUT2D eigenvalue weighted by molar-refractivity contribution is 6.33. The predicted molar refractivity (Wildman–Crippen MR) is 89.4 cm³/mol. The molecule has 5 nitrogen and oxygen atoms in total. The number of para-hydroxylation sites is 1. The molecule has 0 radical (unpaired) electrons. The van der Waals surface area contributed by atoms with Crippen LogP contribution in [0.15, 0.2) is 36.7 Å². The molecule has 0 bridgehead atoms. The zero-order chi connectivity index (χ0) is 15.9. The summed E-state index contributed by atoms with van der Waals surface area (Å²) in [5, 5.41) is 6.35. The summed E-state index contributed by atoms with van der Waals surface area (Å²) in [6, 6.07) is 7.07. The Morgan fingerprint density at radius 2 is 1.91 bits per heavy atom. The van der Waals surface area contributed by atoms with E-state index in [9.17, 15) is 4.79 Å². The zero-order valence-corrected chi connectivity index (χ0v) is 13.4. The van der Waals surface area contributed by atoms with Crippen molar-refractivity contribution in [2.45, 2.75) is 20.3 Å². The van der Waals surface area contributed by atoms with E-state index < -0.39 is 0 Å². The Hall–Kier alpha value is -2.14. The van der Waals surface area contributed by atoms with E-state index in [2.05, 4.69) is 34.4 Å². The molecule has 0 saturated carbocycles. The Balaban J connectivity index is 1.95. The SMILES string of the molecule is CC(C)CCNc1ncc(C(=O)Nc2ccccc2Cl)cn1. The summed E-state index contributed by atoms with van der Waals surface area (Å²) in [5.74, 6) is 0.852. The molecule has 2 rings (SSSR count). The number of anilines is 2. The van der Waals surface area contributed by atoms with Crippen LogP contribution in [-0.4, -0.2) is 22.4 Å². The Bertz CT molecular complexity index is 628. The maximum atomic E-state index is 12.1. The van der Waals surface area contributed by atoms with Crippen molar-refractivity contribution >= 4 is 29.1 Å². The van der Waals surface area contributed by atoms with Gasteiger partial charge in [0.05, 0.1) is 16.3 Å². The lowest BCUT2D eigenvalue weighted by Crippen LogP contribution is -2.14. The third-order valence-electron chi connectivity index (χ3n) is 3.04. The van der Waals surface area contributed by atoms with Crippen molar-refractivity contribution in [2.24, 2.45) is 5.92 Å². The maximum Gasteiger partial charge on any atom is 0.258 e. The number of hydrogen-bond donors (Lipinski definition) is 2. The number of carbonyl (C=O) groups excluding carboxylic acids is 1. The van der Waals surface area contributed by atoms with Crippen molar-refractivity contribution in [2.75, 3.05) is 17.2 Å². The summed E-state index contributed by atoms with van der Waals surface area (Å²) in [5.41, 5.74) is 0.947. The summed E-state index contributed by atoms with van der Waals surface area (Å²) in [4.78, 5) is 20.4. The minimum Gasteiger partial charge on any atom is -0.354 e. The Kier molecular flexibility index (Phi) is 5.72. The van der Waals surface area contributed by atoms with Crippen molar-refractivity contribution in [3.8, 4) is 0 Å². The van der Waals surface area contributed by atoms with Gasteiger partial charge in [0.2, 0.25) is 5.95 Å². The number of halogens is 1. The van der Waals surface area contributed by atoms with E-state index in [0.717, 1.165) is 13.0 Å². The first-order valence-corrected chi connectivity index (χ1v) is 7.56. The fourth-order valence-corrected chi connectivity index (χ4v) is 1.95. The van der Waals surface area contributed by atoms with E-state index in [0.29, 0.717) is 28.1 Å². The molecule has 2 aromatic rings. The van der Waals surface area contributed by atoms with Crippen molar-refractivity contribution in [1.29, 1.82) is 0 Å². The zero-order valence-electron chi connectivity index (χ0n) is 12.6. The molecule has 2 N–H and O–H groups in total. The molecule has 116 valence electrons. The van der Waals surface area contributed by atoms with E-state index in [1.54, 1.807) is 24.3 Å². The highest BCUT2D eigenvalue weighted by Crippen LogP contribution is 2.21. The molecule has 0 fully saturated rings. The second-order valence-electron chi connectivity index (χ2n) is 5.34. The molecule has 0 spiro atoms. The van der Waals surface area contributed by atoms with Crippen molar-refractivity contribution in [3.05, 3.63) is 47.2 Å². The molecule has 1 aromatic carbocycles. The second-order valence-corrected chi connectivity index (χ2v) is 5.75. The molecule has 0 aliphatic heterocycles. The van der Waals surface area contributed by atoms with Crippen LogP contribution >= 0.6 is 11.6 Å². The van der Waals surface area contributed by atoms with E-state index >= 15 is 0 Å². The topological polar surface area (TPSA) is 66.9 Å². The van der Waals surface area contributed by atoms with E-state index in [4.69, 9.17) is 11.6 Å². The summed E-state index contributed by atoms with van der Waals surface area (Å²) in [7, 11) is 0. The molecule has 1 heterocycles. The van der Waals surface area contributed by atoms with Gasteiger partial charge in [0, 0.05) is 18.9 Å². The van der Waals surface area contributed by atoms with Gasteiger partial charge in [0.15, 0.2) is 0 Å². The molecule has 0 aliphatic carbocycles. The number of hydrogen-bond acceptors (Lipinski definition) is 4. The van der Waals surface area contributed by atoms with Crippen LogP contribution < -0.4 is 10.6 Å². The van der Waals surface area contributed by atoms with Crippen LogP contribution in [0, 0.1) is 5.92 Å². The molecule has 0 aliphatic rings. The number of nitrogens with one attached hydrogen (secondary N) is 2. The van der Waals surface area contributed by atoms with E-state index in [1.807, 2.05) is 0 Å². The van der Waals surface area contributed by atoms with Gasteiger partial charge in [-0.2, -0.15) is 0 Å². The monoisotopic (exact) mass is 318 g/mol. The van der Waals surface area contributed by atoms with Gasteiger partial charge in [-0.25, -0.2) is 9.97 Å². The lowest BCUT2D eigenvalue weighted by Gasteiger charge is -2.08. The number of nitrogens with zero attached hydrogens (tertiary/aromatic N) is 2. The molecule has 22 heavy (non-hydrogen) atoms. The minimum absolute atomic E-state index is 0.290. The van der Waals surface area contributed by atoms with Crippen LogP contribution in [0.5, 0.6) is 0 Å². The Labute approximate surface area is 135 Å². The minimum atomic E-state index is -0.290. The smallest absolute Gasteiger partial charge is 0.258 e. The normalized spacial score (nSPS) is 10.5. The van der Waals surface area contributed by atoms with E-state index in [1.165, 1.54) is 12.4 Å². The van der Waals surface area contributed by atoms with Gasteiger partial charge in [0.25, 0.3) is 5.91 Å². The number of rotatable bonds is 6. The summed E-state index contributed by atoms with van der Waals surface area (Å²) in [6.45, 7) is 5.12. The first-order chi connectivity index (χ1) is 10.6. The van der Waals surface area contributed by atoms with Crippen LogP contribution in [0.3, 0.4) is 0 Å². The standard InChI is InChI=1S/C16H19ClN4O/c1-11(2)7-8-18-16-19-9-12(10-20-16)15(22)21-14-6-4-3-5-13(14)17/h3-6,9-11H,7-8H2,1-2H3,(H,21,22)(H,18,19,20). The van der Waals surface area contributed by atoms with E-state index in [-0.39, 0.29) is 5.91 Å². The molecule has 1 aromatic heterocycles. The number of benzene rings is 1. The highest BCUT2D eigenvalue weighted by Gasteiger charge is 2.09. The summed E-state index contributed by atoms with van der Waals surface area (Å²) >= 11 is 6.01. The Morgan fingerprint density at radius 3 is 2.55 bits per heavy atom. The van der Waals surface area contributed by atoms with Gasteiger partial charge >= 0.3 is 0 Å². The van der Waals surface area contributed by atoms with Gasteiger partial charge in [-0.1, -0.05) is 37.6 Å². The van der Waals surface area contributed by atoms with Crippen LogP contribution in [0.2, 0.25) is 5.02 Å². The quantitative estimate of drug-likeness (QED) is 0.849. The summed E-state index contributed by atoms with van der Waals surface area (Å²) < 4.78 is 0. The molecule has 0 saturated heterocycles. The number of carbonyl (C=O) groups is 1. The lowest BCUT2D eigenvalue weighted by molar-refractivity contribution is 0.102. The van der Waals surface area contributed by atoms with Crippen LogP contribution in [-0.2, 0) is 0 Å². The summed E-state index contributed by atoms with van der Waals surface area (Å²) in [6.07, 6.45) is 4.03. The first-order valence-electron chi connectivity index (χ1n) is 7.18. The van der Waals surface area contributed by atoms with Crippen molar-refractivity contribution in [1.82, 2.24) is 9.97 Å². The largest absolute Gasteiger partial charge is 0.354 e. The average Bonchev–Trinajstić information content (AvgIpc) is 2.50. The molecule has 6 heteroatoms. The van der Waals surface area contributed by atoms with Gasteiger partial charge in [-0.15, -0.1) is 0 Å². The molecular weight excluding hydrogens is 300 g/mol. The Morgan fingerprint density at radius 1 is 1.23 bits per heavy atom. The lowest BCUT2D eigenvalue weighted by atomic mass is 10.1. The van der Waals surface area contributed by atoms with Gasteiger partial charge in [-0.3, -0.25) is 4.79 Å². The predicted octanol–water partition coefficient (Wildman–Crippen LogP) is 3.84. The number of amides is 1. The van der Waals surface area contributed by atoms with Gasteiger partial charge in [-0.05, 0) is 24.5 Å². The maximum absolute atomic E-state index is 12.1. The fourth-order valence-electron chi connectivity index (χ4n) is 1.77. The number of aromatic nitrogens is 2. The van der Waals surface area contributed by atoms with Crippen molar-refractivity contribution < 1.29 is 4.79 Å². The van der Waals surface area contributed by atoms with Crippen LogP contribution in [0.1, 0.15) is 30.6 Å². The highest BCUT2D eigenvalue weighted by atomic mass is 35.5. The van der Waals surface area contributed by atoms with Crippen LogP contribution in [0.25, 0.3) is 0 Å². The average molecular weight is 319 g/mol. The van der Waals surface area contributed by atoms with Gasteiger partial charge < -0.3 is 10.6 Å². The van der Waals surface area contributed by atoms with Gasteiger partial charge in [0.1, 0.15) is 0 Å². The second kappa shape index (κ2) is 7.75. The third-order valence-corrected chi connectivity index (χ3v) is 3.37. The third kappa shape index (κ3) is 4.70. The molecule has 0 atom stereocenters. The first kappa shape index (κ1) is 16.2. The fraction of sp³-hybridized carbons (Fsp3) is 0.312. The molecular formula is C16H19ClN4O. The molecule has 1 amide bonds.